The Bertz CT molecular complexity index is 884. The van der Waals surface area contributed by atoms with Crippen LogP contribution < -0.4 is 9.46 Å². The van der Waals surface area contributed by atoms with Crippen LogP contribution in [0, 0.1) is 17.6 Å². The molecule has 7 heteroatoms. The standard InChI is InChI=1S/C18H19F2NO3S/c1-12-10-18(12,16-8-3-13(19)9-17(16)20)11-21-25(22,23)15-6-4-14(24-2)5-7-15/h3-9,12,21H,10-11H2,1-2H3. The lowest BCUT2D eigenvalue weighted by Gasteiger charge is -2.19. The van der Waals surface area contributed by atoms with Crippen molar-refractivity contribution in [1.82, 2.24) is 4.72 Å². The van der Waals surface area contributed by atoms with Crippen LogP contribution in [0.4, 0.5) is 8.78 Å². The molecule has 0 spiro atoms. The average molecular weight is 367 g/mol. The Balaban J connectivity index is 1.80. The third-order valence-corrected chi connectivity index (χ3v) is 6.29. The molecule has 2 unspecified atom stereocenters. The number of nitrogens with one attached hydrogen (secondary N) is 1. The van der Waals surface area contributed by atoms with Crippen LogP contribution in [0.1, 0.15) is 18.9 Å². The Morgan fingerprint density at radius 3 is 2.36 bits per heavy atom. The Morgan fingerprint density at radius 1 is 1.20 bits per heavy atom. The number of methoxy groups -OCH3 is 1. The van der Waals surface area contributed by atoms with E-state index in [0.29, 0.717) is 17.7 Å². The minimum Gasteiger partial charge on any atom is -0.497 e. The molecule has 2 atom stereocenters. The molecule has 1 aliphatic carbocycles. The summed E-state index contributed by atoms with van der Waals surface area (Å²) in [5.74, 6) is -0.637. The van der Waals surface area contributed by atoms with E-state index in [4.69, 9.17) is 4.74 Å². The molecule has 0 aromatic heterocycles. The van der Waals surface area contributed by atoms with Gasteiger partial charge >= 0.3 is 0 Å². The lowest BCUT2D eigenvalue weighted by molar-refractivity contribution is 0.414. The van der Waals surface area contributed by atoms with Crippen LogP contribution in [0.3, 0.4) is 0 Å². The molecular formula is C18H19F2NO3S. The maximum atomic E-state index is 14.2. The van der Waals surface area contributed by atoms with Gasteiger partial charge in [0.25, 0.3) is 0 Å². The molecule has 4 nitrogen and oxygen atoms in total. The predicted octanol–water partition coefficient (Wildman–Crippen LogP) is 3.23. The highest BCUT2D eigenvalue weighted by Crippen LogP contribution is 2.54. The first kappa shape index (κ1) is 17.8. The number of hydrogen-bond acceptors (Lipinski definition) is 3. The molecule has 1 N–H and O–H groups in total. The van der Waals surface area contributed by atoms with Crippen molar-refractivity contribution in [2.45, 2.75) is 23.7 Å². The van der Waals surface area contributed by atoms with E-state index in [0.717, 1.165) is 6.07 Å². The van der Waals surface area contributed by atoms with Gasteiger partial charge in [-0.25, -0.2) is 21.9 Å². The SMILES string of the molecule is COc1ccc(S(=O)(=O)NCC2(c3ccc(F)cc3F)CC2C)cc1. The third-order valence-electron chi connectivity index (χ3n) is 4.87. The number of hydrogen-bond donors (Lipinski definition) is 1. The molecule has 2 aromatic rings. The third kappa shape index (κ3) is 3.39. The number of halogens is 2. The second-order valence-electron chi connectivity index (χ2n) is 6.39. The van der Waals surface area contributed by atoms with Crippen LogP contribution in [-0.4, -0.2) is 22.1 Å². The fourth-order valence-electron chi connectivity index (χ4n) is 3.16. The molecule has 3 rings (SSSR count). The van der Waals surface area contributed by atoms with Gasteiger partial charge in [-0.05, 0) is 48.2 Å². The Kier molecular flexibility index (Phi) is 4.55. The fourth-order valence-corrected chi connectivity index (χ4v) is 4.27. The largest absolute Gasteiger partial charge is 0.497 e. The van der Waals surface area contributed by atoms with Crippen LogP contribution >= 0.6 is 0 Å². The number of rotatable bonds is 6. The van der Waals surface area contributed by atoms with E-state index in [-0.39, 0.29) is 17.4 Å². The molecule has 0 saturated heterocycles. The van der Waals surface area contributed by atoms with E-state index in [9.17, 15) is 17.2 Å². The quantitative estimate of drug-likeness (QED) is 0.853. The lowest BCUT2D eigenvalue weighted by atomic mass is 9.93. The smallest absolute Gasteiger partial charge is 0.240 e. The molecule has 1 saturated carbocycles. The van der Waals surface area contributed by atoms with Crippen molar-refractivity contribution >= 4 is 10.0 Å². The van der Waals surface area contributed by atoms with Gasteiger partial charge in [0.1, 0.15) is 17.4 Å². The summed E-state index contributed by atoms with van der Waals surface area (Å²) in [5.41, 5.74) is -0.295. The van der Waals surface area contributed by atoms with Crippen molar-refractivity contribution in [2.75, 3.05) is 13.7 Å². The molecular weight excluding hydrogens is 348 g/mol. The summed E-state index contributed by atoms with van der Waals surface area (Å²) in [6.07, 6.45) is 0.640. The highest BCUT2D eigenvalue weighted by Gasteiger charge is 2.53. The molecule has 25 heavy (non-hydrogen) atoms. The highest BCUT2D eigenvalue weighted by molar-refractivity contribution is 7.89. The van der Waals surface area contributed by atoms with E-state index in [2.05, 4.69) is 4.72 Å². The Labute approximate surface area is 145 Å². The average Bonchev–Trinajstić information content (AvgIpc) is 3.24. The van der Waals surface area contributed by atoms with E-state index < -0.39 is 27.1 Å². The van der Waals surface area contributed by atoms with Gasteiger partial charge in [-0.3, -0.25) is 0 Å². The molecule has 0 bridgehead atoms. The van der Waals surface area contributed by atoms with Crippen LogP contribution in [0.5, 0.6) is 5.75 Å². The van der Waals surface area contributed by atoms with Gasteiger partial charge in [0.2, 0.25) is 10.0 Å². The molecule has 1 fully saturated rings. The second kappa shape index (κ2) is 6.38. The van der Waals surface area contributed by atoms with Gasteiger partial charge in [-0.1, -0.05) is 13.0 Å². The van der Waals surface area contributed by atoms with Crippen molar-refractivity contribution in [3.05, 3.63) is 59.7 Å². The first-order chi connectivity index (χ1) is 11.8. The van der Waals surface area contributed by atoms with Crippen LogP contribution in [0.25, 0.3) is 0 Å². The zero-order chi connectivity index (χ0) is 18.2. The first-order valence-corrected chi connectivity index (χ1v) is 9.36. The lowest BCUT2D eigenvalue weighted by Crippen LogP contribution is -2.33. The van der Waals surface area contributed by atoms with Gasteiger partial charge in [-0.15, -0.1) is 0 Å². The van der Waals surface area contributed by atoms with Crippen molar-refractivity contribution in [2.24, 2.45) is 5.92 Å². The summed E-state index contributed by atoms with van der Waals surface area (Å²) in [7, 11) is -2.24. The minimum atomic E-state index is -3.73. The Hall–Kier alpha value is -1.99. The molecule has 134 valence electrons. The molecule has 2 aromatic carbocycles. The maximum absolute atomic E-state index is 14.2. The monoisotopic (exact) mass is 367 g/mol. The topological polar surface area (TPSA) is 55.4 Å². The summed E-state index contributed by atoms with van der Waals surface area (Å²) in [6.45, 7) is 1.98. The van der Waals surface area contributed by atoms with Gasteiger partial charge in [0.05, 0.1) is 12.0 Å². The molecule has 0 radical (unpaired) electrons. The minimum absolute atomic E-state index is 0.0606. The van der Waals surface area contributed by atoms with E-state index in [1.165, 1.54) is 31.4 Å². The normalized spacial score (nSPS) is 22.6. The van der Waals surface area contributed by atoms with E-state index in [1.54, 1.807) is 12.1 Å². The van der Waals surface area contributed by atoms with E-state index in [1.807, 2.05) is 6.92 Å². The maximum Gasteiger partial charge on any atom is 0.240 e. The van der Waals surface area contributed by atoms with Crippen molar-refractivity contribution < 1.29 is 21.9 Å². The number of sulfonamides is 1. The predicted molar refractivity (Wildman–Crippen MR) is 90.0 cm³/mol. The molecule has 0 aliphatic heterocycles. The van der Waals surface area contributed by atoms with Crippen LogP contribution in [0.2, 0.25) is 0 Å². The van der Waals surface area contributed by atoms with Gasteiger partial charge in [-0.2, -0.15) is 0 Å². The summed E-state index contributed by atoms with van der Waals surface area (Å²) in [5, 5.41) is 0. The van der Waals surface area contributed by atoms with Crippen molar-refractivity contribution in [1.29, 1.82) is 0 Å². The summed E-state index contributed by atoms with van der Waals surface area (Å²) >= 11 is 0. The summed E-state index contributed by atoms with van der Waals surface area (Å²) in [6, 6.07) is 9.44. The van der Waals surface area contributed by atoms with E-state index >= 15 is 0 Å². The summed E-state index contributed by atoms with van der Waals surface area (Å²) in [4.78, 5) is 0.108. The van der Waals surface area contributed by atoms with Crippen molar-refractivity contribution in [3.63, 3.8) is 0 Å². The summed E-state index contributed by atoms with van der Waals surface area (Å²) < 4.78 is 59.8. The van der Waals surface area contributed by atoms with Gasteiger partial charge in [0, 0.05) is 18.0 Å². The number of benzene rings is 2. The van der Waals surface area contributed by atoms with Crippen molar-refractivity contribution in [3.8, 4) is 5.75 Å². The number of ether oxygens (including phenoxy) is 1. The van der Waals surface area contributed by atoms with Crippen LogP contribution in [0.15, 0.2) is 47.4 Å². The first-order valence-electron chi connectivity index (χ1n) is 7.88. The molecule has 1 aliphatic rings. The fraction of sp³-hybridized carbons (Fsp3) is 0.333. The van der Waals surface area contributed by atoms with Crippen LogP contribution in [-0.2, 0) is 15.4 Å². The zero-order valence-corrected chi connectivity index (χ0v) is 14.7. The molecule has 0 amide bonds. The highest BCUT2D eigenvalue weighted by atomic mass is 32.2. The molecule has 0 heterocycles. The Morgan fingerprint density at radius 2 is 1.84 bits per heavy atom. The van der Waals surface area contributed by atoms with Gasteiger partial charge in [0.15, 0.2) is 0 Å². The zero-order valence-electron chi connectivity index (χ0n) is 13.9. The second-order valence-corrected chi connectivity index (χ2v) is 8.15. The van der Waals surface area contributed by atoms with Gasteiger partial charge < -0.3 is 4.74 Å².